The van der Waals surface area contributed by atoms with E-state index in [4.69, 9.17) is 10.5 Å². The molecule has 0 unspecified atom stereocenters. The number of benzene rings is 1. The van der Waals surface area contributed by atoms with Crippen LogP contribution >= 0.6 is 0 Å². The summed E-state index contributed by atoms with van der Waals surface area (Å²) in [7, 11) is 0. The lowest BCUT2D eigenvalue weighted by atomic mass is 10.3. The fourth-order valence-corrected chi connectivity index (χ4v) is 1.36. The number of nitrogens with one attached hydrogen (secondary N) is 1. The molecule has 5 nitrogen and oxygen atoms in total. The van der Waals surface area contributed by atoms with Gasteiger partial charge in [0.25, 0.3) is 5.91 Å². The molecule has 1 aromatic carbocycles. The van der Waals surface area contributed by atoms with Crippen molar-refractivity contribution in [3.8, 4) is 5.75 Å². The van der Waals surface area contributed by atoms with Crippen molar-refractivity contribution in [2.24, 2.45) is 0 Å². The maximum absolute atomic E-state index is 12.6. The third kappa shape index (κ3) is 3.95. The summed E-state index contributed by atoms with van der Waals surface area (Å²) in [6, 6.07) is 9.28. The first kappa shape index (κ1) is 12.8. The number of nitrogens with zero attached hydrogens (tertiary/aromatic N) is 1. The van der Waals surface area contributed by atoms with E-state index in [0.29, 0.717) is 17.1 Å². The average Bonchev–Trinajstić information content (AvgIpc) is 2.41. The number of rotatable bonds is 4. The van der Waals surface area contributed by atoms with Gasteiger partial charge in [0.15, 0.2) is 6.61 Å². The summed E-state index contributed by atoms with van der Waals surface area (Å²) in [5, 5.41) is 2.53. The zero-order chi connectivity index (χ0) is 13.7. The molecule has 0 bridgehead atoms. The van der Waals surface area contributed by atoms with E-state index in [9.17, 15) is 9.18 Å². The minimum absolute atomic E-state index is 0.151. The fourth-order valence-electron chi connectivity index (χ4n) is 1.36. The van der Waals surface area contributed by atoms with Crippen LogP contribution < -0.4 is 15.8 Å². The van der Waals surface area contributed by atoms with Gasteiger partial charge in [0.1, 0.15) is 5.75 Å². The van der Waals surface area contributed by atoms with Gasteiger partial charge in [0.05, 0.1) is 11.9 Å². The molecule has 98 valence electrons. The van der Waals surface area contributed by atoms with Crippen molar-refractivity contribution in [2.75, 3.05) is 17.7 Å². The van der Waals surface area contributed by atoms with Gasteiger partial charge in [-0.15, -0.1) is 0 Å². The third-order valence-electron chi connectivity index (χ3n) is 2.26. The minimum Gasteiger partial charge on any atom is -0.484 e. The van der Waals surface area contributed by atoms with Crippen molar-refractivity contribution in [1.82, 2.24) is 4.98 Å². The summed E-state index contributed by atoms with van der Waals surface area (Å²) in [5.74, 6) is -0.414. The van der Waals surface area contributed by atoms with E-state index in [0.717, 1.165) is 6.07 Å². The largest absolute Gasteiger partial charge is 0.484 e. The monoisotopic (exact) mass is 261 g/mol. The van der Waals surface area contributed by atoms with Gasteiger partial charge < -0.3 is 15.8 Å². The van der Waals surface area contributed by atoms with Gasteiger partial charge in [0, 0.05) is 5.69 Å². The number of ether oxygens (including phenoxy) is 1. The Hall–Kier alpha value is -2.63. The summed E-state index contributed by atoms with van der Waals surface area (Å²) < 4.78 is 17.8. The van der Waals surface area contributed by atoms with Crippen molar-refractivity contribution in [1.29, 1.82) is 0 Å². The lowest BCUT2D eigenvalue weighted by molar-refractivity contribution is -0.118. The summed E-state index contributed by atoms with van der Waals surface area (Å²) in [5.41, 5.74) is 6.55. The second-order valence-corrected chi connectivity index (χ2v) is 3.78. The van der Waals surface area contributed by atoms with Gasteiger partial charge in [-0.3, -0.25) is 4.79 Å². The number of hydrogen-bond acceptors (Lipinski definition) is 4. The van der Waals surface area contributed by atoms with Crippen LogP contribution in [0.3, 0.4) is 0 Å². The predicted molar refractivity (Wildman–Crippen MR) is 69.2 cm³/mol. The Kier molecular flexibility index (Phi) is 3.92. The highest BCUT2D eigenvalue weighted by Crippen LogP contribution is 2.13. The quantitative estimate of drug-likeness (QED) is 0.650. The Morgan fingerprint density at radius 1 is 1.26 bits per heavy atom. The Morgan fingerprint density at radius 3 is 2.63 bits per heavy atom. The molecule has 0 aliphatic heterocycles. The molecule has 0 spiro atoms. The number of halogens is 1. The SMILES string of the molecule is Nc1ccc(OCC(=O)Nc2ccc(F)nc2)cc1. The van der Waals surface area contributed by atoms with Crippen LogP contribution in [0.15, 0.2) is 42.6 Å². The Labute approximate surface area is 109 Å². The minimum atomic E-state index is -0.601. The molecule has 0 saturated heterocycles. The van der Waals surface area contributed by atoms with E-state index in [-0.39, 0.29) is 12.5 Å². The molecule has 1 aromatic heterocycles. The molecule has 0 aliphatic rings. The van der Waals surface area contributed by atoms with Crippen molar-refractivity contribution in [3.63, 3.8) is 0 Å². The number of nitrogen functional groups attached to an aromatic ring is 1. The standard InChI is InChI=1S/C13H12FN3O2/c14-12-6-3-10(7-16-12)17-13(18)8-19-11-4-1-9(15)2-5-11/h1-7H,8,15H2,(H,17,18). The molecule has 0 fully saturated rings. The summed E-state index contributed by atoms with van der Waals surface area (Å²) in [4.78, 5) is 15.0. The molecule has 2 aromatic rings. The number of aromatic nitrogens is 1. The van der Waals surface area contributed by atoms with E-state index in [1.54, 1.807) is 24.3 Å². The van der Waals surface area contributed by atoms with Crippen molar-refractivity contribution < 1.29 is 13.9 Å². The van der Waals surface area contributed by atoms with Gasteiger partial charge in [-0.2, -0.15) is 4.39 Å². The maximum Gasteiger partial charge on any atom is 0.262 e. The van der Waals surface area contributed by atoms with Gasteiger partial charge in [-0.05, 0) is 36.4 Å². The van der Waals surface area contributed by atoms with Gasteiger partial charge in [-0.1, -0.05) is 0 Å². The molecule has 1 amide bonds. The van der Waals surface area contributed by atoms with Crippen LogP contribution in [0.25, 0.3) is 0 Å². The zero-order valence-electron chi connectivity index (χ0n) is 9.97. The van der Waals surface area contributed by atoms with Crippen LogP contribution in [-0.4, -0.2) is 17.5 Å². The highest BCUT2D eigenvalue weighted by Gasteiger charge is 2.04. The predicted octanol–water partition coefficient (Wildman–Crippen LogP) is 1.82. The molecule has 0 radical (unpaired) electrons. The lowest BCUT2D eigenvalue weighted by Gasteiger charge is -2.07. The molecule has 0 aliphatic carbocycles. The Bertz CT molecular complexity index is 555. The smallest absolute Gasteiger partial charge is 0.262 e. The molecular weight excluding hydrogens is 249 g/mol. The van der Waals surface area contributed by atoms with Gasteiger partial charge >= 0.3 is 0 Å². The second-order valence-electron chi connectivity index (χ2n) is 3.78. The van der Waals surface area contributed by atoms with Crippen LogP contribution in [0.2, 0.25) is 0 Å². The second kappa shape index (κ2) is 5.81. The Morgan fingerprint density at radius 2 is 2.00 bits per heavy atom. The summed E-state index contributed by atoms with van der Waals surface area (Å²) in [6.07, 6.45) is 1.23. The van der Waals surface area contributed by atoms with Crippen LogP contribution in [-0.2, 0) is 4.79 Å². The Balaban J connectivity index is 1.84. The highest BCUT2D eigenvalue weighted by atomic mass is 19.1. The van der Waals surface area contributed by atoms with E-state index in [1.807, 2.05) is 0 Å². The molecule has 6 heteroatoms. The van der Waals surface area contributed by atoms with Gasteiger partial charge in [0.2, 0.25) is 5.95 Å². The zero-order valence-corrected chi connectivity index (χ0v) is 9.97. The van der Waals surface area contributed by atoms with Crippen LogP contribution in [0.5, 0.6) is 5.75 Å². The number of carbonyl (C=O) groups excluding carboxylic acids is 1. The summed E-state index contributed by atoms with van der Waals surface area (Å²) >= 11 is 0. The molecule has 2 rings (SSSR count). The van der Waals surface area contributed by atoms with Crippen LogP contribution in [0.1, 0.15) is 0 Å². The first-order valence-corrected chi connectivity index (χ1v) is 5.53. The molecule has 3 N–H and O–H groups in total. The molecular formula is C13H12FN3O2. The van der Waals surface area contributed by atoms with Crippen molar-refractivity contribution in [3.05, 3.63) is 48.5 Å². The van der Waals surface area contributed by atoms with E-state index in [2.05, 4.69) is 10.3 Å². The molecule has 1 heterocycles. The van der Waals surface area contributed by atoms with Crippen LogP contribution in [0.4, 0.5) is 15.8 Å². The first-order chi connectivity index (χ1) is 9.13. The average molecular weight is 261 g/mol. The van der Waals surface area contributed by atoms with E-state index < -0.39 is 5.95 Å². The number of pyridine rings is 1. The van der Waals surface area contributed by atoms with Crippen molar-refractivity contribution >= 4 is 17.3 Å². The summed E-state index contributed by atoms with van der Waals surface area (Å²) in [6.45, 7) is -0.151. The number of amides is 1. The maximum atomic E-state index is 12.6. The lowest BCUT2D eigenvalue weighted by Crippen LogP contribution is -2.20. The topological polar surface area (TPSA) is 77.2 Å². The first-order valence-electron chi connectivity index (χ1n) is 5.53. The number of anilines is 2. The van der Waals surface area contributed by atoms with E-state index in [1.165, 1.54) is 12.3 Å². The van der Waals surface area contributed by atoms with Crippen LogP contribution in [0, 0.1) is 5.95 Å². The third-order valence-corrected chi connectivity index (χ3v) is 2.26. The molecule has 19 heavy (non-hydrogen) atoms. The fraction of sp³-hybridized carbons (Fsp3) is 0.0769. The molecule has 0 saturated carbocycles. The van der Waals surface area contributed by atoms with Crippen molar-refractivity contribution in [2.45, 2.75) is 0 Å². The normalized spacial score (nSPS) is 9.95. The highest BCUT2D eigenvalue weighted by molar-refractivity contribution is 5.91. The number of hydrogen-bond donors (Lipinski definition) is 2. The molecule has 0 atom stereocenters. The number of nitrogens with two attached hydrogens (primary N) is 1. The number of carbonyl (C=O) groups is 1. The van der Waals surface area contributed by atoms with Gasteiger partial charge in [-0.25, -0.2) is 4.98 Å². The van der Waals surface area contributed by atoms with E-state index >= 15 is 0 Å².